The van der Waals surface area contributed by atoms with Gasteiger partial charge < -0.3 is 14.6 Å². The highest BCUT2D eigenvalue weighted by Gasteiger charge is 2.16. The molecule has 114 valence electrons. The number of rotatable bonds is 6. The largest absolute Gasteiger partial charge is 0.350 e. The lowest BCUT2D eigenvalue weighted by molar-refractivity contribution is 0.0822. The summed E-state index contributed by atoms with van der Waals surface area (Å²) >= 11 is 1.73. The molecule has 1 heterocycles. The first kappa shape index (κ1) is 15.8. The molecule has 0 aliphatic heterocycles. The molecule has 5 heteroatoms. The van der Waals surface area contributed by atoms with Gasteiger partial charge in [0.05, 0.1) is 0 Å². The van der Waals surface area contributed by atoms with Crippen LogP contribution in [0.25, 0.3) is 10.9 Å². The van der Waals surface area contributed by atoms with Crippen LogP contribution in [-0.4, -0.2) is 35.6 Å². The van der Waals surface area contributed by atoms with Crippen LogP contribution < -0.4 is 4.72 Å². The number of H-pyrrole nitrogens is 1. The highest BCUT2D eigenvalue weighted by molar-refractivity contribution is 8.00. The van der Waals surface area contributed by atoms with Crippen molar-refractivity contribution in [2.75, 3.05) is 24.6 Å². The number of carbonyl (C=O) groups excluding carboxylic acids is 1. The quantitative estimate of drug-likeness (QED) is 0.625. The molecule has 1 amide bonds. The summed E-state index contributed by atoms with van der Waals surface area (Å²) in [5, 5.41) is 1.10. The molecule has 4 nitrogen and oxygen atoms in total. The Kier molecular flexibility index (Phi) is 5.17. The molecule has 21 heavy (non-hydrogen) atoms. The van der Waals surface area contributed by atoms with Crippen LogP contribution >= 0.6 is 11.9 Å². The molecule has 0 aliphatic carbocycles. The Morgan fingerprint density at radius 3 is 2.81 bits per heavy atom. The lowest BCUT2D eigenvalue weighted by Crippen LogP contribution is -2.22. The van der Waals surface area contributed by atoms with Gasteiger partial charge in [-0.05, 0) is 37.1 Å². The summed E-state index contributed by atoms with van der Waals surface area (Å²) in [7, 11) is 3.54. The Hall–Kier alpha value is -1.62. The molecule has 0 bridgehead atoms. The van der Waals surface area contributed by atoms with E-state index >= 15 is 0 Å². The van der Waals surface area contributed by atoms with Crippen molar-refractivity contribution < 1.29 is 4.79 Å². The third-order valence-corrected chi connectivity index (χ3v) is 4.34. The van der Waals surface area contributed by atoms with E-state index in [0.29, 0.717) is 5.69 Å². The van der Waals surface area contributed by atoms with Crippen LogP contribution in [0.3, 0.4) is 0 Å². The zero-order valence-corrected chi connectivity index (χ0v) is 13.9. The summed E-state index contributed by atoms with van der Waals surface area (Å²) < 4.78 is 3.37. The van der Waals surface area contributed by atoms with Gasteiger partial charge in [-0.25, -0.2) is 0 Å². The maximum Gasteiger partial charge on any atom is 0.270 e. The first-order chi connectivity index (χ1) is 10.0. The van der Waals surface area contributed by atoms with Crippen molar-refractivity contribution in [2.45, 2.75) is 26.7 Å². The van der Waals surface area contributed by atoms with Crippen LogP contribution in [0.4, 0.5) is 5.69 Å². The Balaban J connectivity index is 2.22. The van der Waals surface area contributed by atoms with E-state index in [1.807, 2.05) is 19.1 Å². The number of hydrogen-bond donors (Lipinski definition) is 2. The highest BCUT2D eigenvalue weighted by Crippen LogP contribution is 2.26. The fraction of sp³-hybridized carbons (Fsp3) is 0.438. The monoisotopic (exact) mass is 305 g/mol. The fourth-order valence-corrected chi connectivity index (χ4v) is 3.01. The predicted molar refractivity (Wildman–Crippen MR) is 92.0 cm³/mol. The average Bonchev–Trinajstić information content (AvgIpc) is 2.80. The molecular weight excluding hydrogens is 282 g/mol. The molecule has 2 N–H and O–H groups in total. The summed E-state index contributed by atoms with van der Waals surface area (Å²) in [5.74, 6) is 1.11. The molecule has 2 aromatic rings. The second kappa shape index (κ2) is 6.89. The van der Waals surface area contributed by atoms with Gasteiger partial charge >= 0.3 is 0 Å². The minimum atomic E-state index is 0.00975. The van der Waals surface area contributed by atoms with Gasteiger partial charge in [0.15, 0.2) is 0 Å². The van der Waals surface area contributed by atoms with E-state index in [-0.39, 0.29) is 5.91 Å². The maximum absolute atomic E-state index is 12.1. The number of aromatic nitrogens is 1. The molecule has 0 spiro atoms. The Morgan fingerprint density at radius 2 is 2.14 bits per heavy atom. The van der Waals surface area contributed by atoms with Gasteiger partial charge in [0, 0.05) is 36.4 Å². The summed E-state index contributed by atoms with van der Waals surface area (Å²) in [6.07, 6.45) is 2.42. The highest BCUT2D eigenvalue weighted by atomic mass is 32.2. The van der Waals surface area contributed by atoms with Crippen LogP contribution in [0.5, 0.6) is 0 Å². The molecule has 0 atom stereocenters. The first-order valence-electron chi connectivity index (χ1n) is 7.26. The lowest BCUT2D eigenvalue weighted by atomic mass is 10.1. The van der Waals surface area contributed by atoms with Crippen LogP contribution in [0.2, 0.25) is 0 Å². The molecule has 1 aromatic heterocycles. The Morgan fingerprint density at radius 1 is 1.38 bits per heavy atom. The number of hydrogen-bond acceptors (Lipinski definition) is 3. The van der Waals surface area contributed by atoms with E-state index in [4.69, 9.17) is 0 Å². The van der Waals surface area contributed by atoms with Crippen LogP contribution in [0, 0.1) is 6.92 Å². The second-order valence-electron chi connectivity index (χ2n) is 5.39. The van der Waals surface area contributed by atoms with E-state index in [1.54, 1.807) is 30.9 Å². The topological polar surface area (TPSA) is 48.1 Å². The van der Waals surface area contributed by atoms with Crippen molar-refractivity contribution in [1.29, 1.82) is 0 Å². The molecule has 0 saturated carbocycles. The van der Waals surface area contributed by atoms with Crippen molar-refractivity contribution in [3.05, 3.63) is 29.5 Å². The molecule has 0 radical (unpaired) electrons. The lowest BCUT2D eigenvalue weighted by Gasteiger charge is -2.09. The summed E-state index contributed by atoms with van der Waals surface area (Å²) in [6, 6.07) is 6.17. The van der Waals surface area contributed by atoms with Crippen molar-refractivity contribution in [3.63, 3.8) is 0 Å². The van der Waals surface area contributed by atoms with Gasteiger partial charge in [-0.2, -0.15) is 0 Å². The number of unbranched alkanes of at least 4 members (excludes halogenated alkanes) is 1. The number of fused-ring (bicyclic) bond motifs is 1. The van der Waals surface area contributed by atoms with Crippen LogP contribution in [-0.2, 0) is 0 Å². The van der Waals surface area contributed by atoms with Crippen LogP contribution in [0.15, 0.2) is 18.2 Å². The van der Waals surface area contributed by atoms with Gasteiger partial charge in [-0.3, -0.25) is 4.79 Å². The van der Waals surface area contributed by atoms with E-state index < -0.39 is 0 Å². The minimum absolute atomic E-state index is 0.00975. The van der Waals surface area contributed by atoms with Crippen molar-refractivity contribution in [1.82, 2.24) is 9.88 Å². The molecule has 2 rings (SSSR count). The third-order valence-electron chi connectivity index (χ3n) is 3.47. The number of carbonyl (C=O) groups is 1. The van der Waals surface area contributed by atoms with Gasteiger partial charge in [-0.15, -0.1) is 0 Å². The van der Waals surface area contributed by atoms with Gasteiger partial charge in [0.25, 0.3) is 5.91 Å². The minimum Gasteiger partial charge on any atom is -0.350 e. The summed E-state index contributed by atoms with van der Waals surface area (Å²) in [4.78, 5) is 17.0. The standard InChI is InChI=1S/C16H23N3OS/c1-5-6-9-21-18-12-7-8-14-13(10-12)11(2)15(17-14)16(20)19(3)4/h7-8,10,17-18H,5-6,9H2,1-4H3. The molecule has 0 unspecified atom stereocenters. The molecule has 0 aliphatic rings. The summed E-state index contributed by atoms with van der Waals surface area (Å²) in [5.41, 5.74) is 3.76. The molecule has 0 saturated heterocycles. The van der Waals surface area contributed by atoms with Crippen LogP contribution in [0.1, 0.15) is 35.8 Å². The Bertz CT molecular complexity index is 634. The molecule has 1 aromatic carbocycles. The smallest absolute Gasteiger partial charge is 0.270 e. The number of anilines is 1. The van der Waals surface area contributed by atoms with Gasteiger partial charge in [0.1, 0.15) is 5.69 Å². The number of aromatic amines is 1. The zero-order chi connectivity index (χ0) is 15.4. The normalized spacial score (nSPS) is 10.9. The van der Waals surface area contributed by atoms with Crippen molar-refractivity contribution in [3.8, 4) is 0 Å². The third kappa shape index (κ3) is 3.53. The number of nitrogens with zero attached hydrogens (tertiary/aromatic N) is 1. The average molecular weight is 305 g/mol. The maximum atomic E-state index is 12.1. The van der Waals surface area contributed by atoms with E-state index in [9.17, 15) is 4.79 Å². The second-order valence-corrected chi connectivity index (χ2v) is 6.29. The van der Waals surface area contributed by atoms with Gasteiger partial charge in [0.2, 0.25) is 0 Å². The zero-order valence-electron chi connectivity index (χ0n) is 13.1. The predicted octanol–water partition coefficient (Wildman–Crippen LogP) is 4.04. The molecular formula is C16H23N3OS. The molecule has 0 fully saturated rings. The SMILES string of the molecule is CCCCSNc1ccc2[nH]c(C(=O)N(C)C)c(C)c2c1. The number of amides is 1. The fourth-order valence-electron chi connectivity index (χ4n) is 2.18. The van der Waals surface area contributed by atoms with Crippen molar-refractivity contribution in [2.24, 2.45) is 0 Å². The van der Waals surface area contributed by atoms with E-state index in [2.05, 4.69) is 22.7 Å². The number of benzene rings is 1. The van der Waals surface area contributed by atoms with Crippen molar-refractivity contribution >= 4 is 34.4 Å². The van der Waals surface area contributed by atoms with E-state index in [1.165, 1.54) is 12.8 Å². The Labute approximate surface area is 130 Å². The summed E-state index contributed by atoms with van der Waals surface area (Å²) in [6.45, 7) is 4.18. The van der Waals surface area contributed by atoms with E-state index in [0.717, 1.165) is 27.9 Å². The van der Waals surface area contributed by atoms with Gasteiger partial charge in [-0.1, -0.05) is 25.3 Å². The number of nitrogens with one attached hydrogen (secondary N) is 2. The number of aryl methyl sites for hydroxylation is 1. The first-order valence-corrected chi connectivity index (χ1v) is 8.25.